The molecular weight excluding hydrogens is 288 g/mol. The molecule has 1 saturated heterocycles. The first-order valence-electron chi connectivity index (χ1n) is 9.56. The summed E-state index contributed by atoms with van der Waals surface area (Å²) in [6.07, 6.45) is 10.1. The number of amides is 3. The molecule has 1 unspecified atom stereocenters. The summed E-state index contributed by atoms with van der Waals surface area (Å²) in [7, 11) is 0. The van der Waals surface area contributed by atoms with Gasteiger partial charge >= 0.3 is 6.03 Å². The van der Waals surface area contributed by atoms with E-state index in [0.717, 1.165) is 30.6 Å². The molecule has 128 valence electrons. The van der Waals surface area contributed by atoms with E-state index in [1.165, 1.54) is 43.4 Å². The Labute approximate surface area is 139 Å². The summed E-state index contributed by atoms with van der Waals surface area (Å²) in [5.41, 5.74) is 0.436. The molecule has 4 aliphatic carbocycles. The van der Waals surface area contributed by atoms with Crippen LogP contribution in [0.1, 0.15) is 65.2 Å². The minimum Gasteiger partial charge on any atom is -0.326 e. The molecule has 0 aromatic carbocycles. The molecule has 5 fully saturated rings. The molecule has 0 aromatic rings. The molecule has 4 heteroatoms. The van der Waals surface area contributed by atoms with Gasteiger partial charge in [0.05, 0.1) is 0 Å². The SMILES string of the molecule is CC(C)CC1NC(=O)N(CCC23CC4CC(CC(C4)C2)C3)C1=O. The van der Waals surface area contributed by atoms with E-state index in [1.807, 2.05) is 0 Å². The fourth-order valence-corrected chi connectivity index (χ4v) is 6.36. The van der Waals surface area contributed by atoms with Gasteiger partial charge in [0.25, 0.3) is 5.91 Å². The van der Waals surface area contributed by atoms with Gasteiger partial charge in [0.1, 0.15) is 6.04 Å². The largest absolute Gasteiger partial charge is 0.326 e. The first kappa shape index (κ1) is 15.5. The second-order valence-electron chi connectivity index (χ2n) is 9.29. The van der Waals surface area contributed by atoms with E-state index in [-0.39, 0.29) is 18.0 Å². The fourth-order valence-electron chi connectivity index (χ4n) is 6.36. The summed E-state index contributed by atoms with van der Waals surface area (Å²) in [5, 5.41) is 2.88. The average Bonchev–Trinajstić information content (AvgIpc) is 2.69. The van der Waals surface area contributed by atoms with E-state index >= 15 is 0 Å². The first-order valence-corrected chi connectivity index (χ1v) is 9.56. The van der Waals surface area contributed by atoms with Crippen LogP contribution >= 0.6 is 0 Å². The highest BCUT2D eigenvalue weighted by Crippen LogP contribution is 2.61. The lowest BCUT2D eigenvalue weighted by Gasteiger charge is -2.57. The van der Waals surface area contributed by atoms with Crippen molar-refractivity contribution in [1.29, 1.82) is 0 Å². The van der Waals surface area contributed by atoms with E-state index in [4.69, 9.17) is 0 Å². The Balaban J connectivity index is 1.39. The zero-order valence-corrected chi connectivity index (χ0v) is 14.5. The maximum absolute atomic E-state index is 12.5. The first-order chi connectivity index (χ1) is 10.9. The van der Waals surface area contributed by atoms with Gasteiger partial charge in [0.15, 0.2) is 0 Å². The van der Waals surface area contributed by atoms with E-state index in [0.29, 0.717) is 17.9 Å². The Morgan fingerprint density at radius 2 is 1.65 bits per heavy atom. The summed E-state index contributed by atoms with van der Waals surface area (Å²) < 4.78 is 0. The smallest absolute Gasteiger partial charge is 0.324 e. The van der Waals surface area contributed by atoms with Crippen molar-refractivity contribution in [3.8, 4) is 0 Å². The van der Waals surface area contributed by atoms with Crippen LogP contribution in [0.15, 0.2) is 0 Å². The Morgan fingerprint density at radius 1 is 1.09 bits per heavy atom. The van der Waals surface area contributed by atoms with Crippen molar-refractivity contribution < 1.29 is 9.59 Å². The van der Waals surface area contributed by atoms with Crippen molar-refractivity contribution in [3.63, 3.8) is 0 Å². The Kier molecular flexibility index (Phi) is 3.69. The number of carbonyl (C=O) groups excluding carboxylic acids is 2. The molecular formula is C19H30N2O2. The molecule has 4 nitrogen and oxygen atoms in total. The molecule has 1 aliphatic heterocycles. The van der Waals surface area contributed by atoms with Crippen molar-refractivity contribution in [2.75, 3.05) is 6.54 Å². The van der Waals surface area contributed by atoms with E-state index < -0.39 is 0 Å². The van der Waals surface area contributed by atoms with Gasteiger partial charge in [-0.3, -0.25) is 9.69 Å². The van der Waals surface area contributed by atoms with Gasteiger partial charge in [-0.1, -0.05) is 13.8 Å². The van der Waals surface area contributed by atoms with Crippen LogP contribution in [-0.4, -0.2) is 29.4 Å². The lowest BCUT2D eigenvalue weighted by atomic mass is 9.49. The van der Waals surface area contributed by atoms with Gasteiger partial charge in [-0.15, -0.1) is 0 Å². The lowest BCUT2D eigenvalue weighted by Crippen LogP contribution is -2.47. The normalized spacial score (nSPS) is 42.0. The highest BCUT2D eigenvalue weighted by atomic mass is 16.2. The molecule has 4 bridgehead atoms. The Morgan fingerprint density at radius 3 is 2.17 bits per heavy atom. The summed E-state index contributed by atoms with van der Waals surface area (Å²) in [5.74, 6) is 3.22. The Bertz CT molecular complexity index is 478. The molecule has 1 atom stereocenters. The maximum Gasteiger partial charge on any atom is 0.324 e. The molecule has 1 heterocycles. The molecule has 4 saturated carbocycles. The van der Waals surface area contributed by atoms with Crippen molar-refractivity contribution in [2.24, 2.45) is 29.1 Å². The van der Waals surface area contributed by atoms with Gasteiger partial charge in [-0.05, 0) is 80.5 Å². The van der Waals surface area contributed by atoms with Crippen LogP contribution in [0, 0.1) is 29.1 Å². The third kappa shape index (κ3) is 2.78. The molecule has 5 rings (SSSR count). The van der Waals surface area contributed by atoms with Crippen LogP contribution in [0.5, 0.6) is 0 Å². The minimum atomic E-state index is -0.293. The lowest BCUT2D eigenvalue weighted by molar-refractivity contribution is -0.128. The topological polar surface area (TPSA) is 49.4 Å². The molecule has 0 spiro atoms. The number of imide groups is 1. The van der Waals surface area contributed by atoms with Crippen LogP contribution in [0.2, 0.25) is 0 Å². The van der Waals surface area contributed by atoms with Crippen LogP contribution in [-0.2, 0) is 4.79 Å². The van der Waals surface area contributed by atoms with Crippen LogP contribution in [0.25, 0.3) is 0 Å². The van der Waals surface area contributed by atoms with Crippen molar-refractivity contribution in [1.82, 2.24) is 10.2 Å². The number of rotatable bonds is 5. The van der Waals surface area contributed by atoms with Crippen LogP contribution < -0.4 is 5.32 Å². The van der Waals surface area contributed by atoms with Gasteiger partial charge in [-0.2, -0.15) is 0 Å². The number of carbonyl (C=O) groups is 2. The highest BCUT2D eigenvalue weighted by Gasteiger charge is 2.51. The summed E-state index contributed by atoms with van der Waals surface area (Å²) in [6, 6.07) is -0.454. The second kappa shape index (κ2) is 5.49. The van der Waals surface area contributed by atoms with Crippen molar-refractivity contribution in [2.45, 2.75) is 71.3 Å². The van der Waals surface area contributed by atoms with Gasteiger partial charge in [-0.25, -0.2) is 4.79 Å². The number of nitrogens with one attached hydrogen (secondary N) is 1. The predicted molar refractivity (Wildman–Crippen MR) is 88.7 cm³/mol. The number of hydrogen-bond donors (Lipinski definition) is 1. The molecule has 5 aliphatic rings. The highest BCUT2D eigenvalue weighted by molar-refractivity contribution is 6.04. The summed E-state index contributed by atoms with van der Waals surface area (Å²) >= 11 is 0. The summed E-state index contributed by atoms with van der Waals surface area (Å²) in [4.78, 5) is 26.2. The average molecular weight is 318 g/mol. The minimum absolute atomic E-state index is 0.00780. The maximum atomic E-state index is 12.5. The number of urea groups is 1. The zero-order valence-electron chi connectivity index (χ0n) is 14.5. The fraction of sp³-hybridized carbons (Fsp3) is 0.895. The summed E-state index contributed by atoms with van der Waals surface area (Å²) in [6.45, 7) is 4.82. The molecule has 23 heavy (non-hydrogen) atoms. The predicted octanol–water partition coefficient (Wildman–Crippen LogP) is 3.56. The quantitative estimate of drug-likeness (QED) is 0.788. The Hall–Kier alpha value is -1.06. The van der Waals surface area contributed by atoms with Gasteiger partial charge < -0.3 is 5.32 Å². The van der Waals surface area contributed by atoms with E-state index in [2.05, 4.69) is 19.2 Å². The number of nitrogens with zero attached hydrogens (tertiary/aromatic N) is 1. The van der Waals surface area contributed by atoms with Crippen LogP contribution in [0.4, 0.5) is 4.79 Å². The second-order valence-corrected chi connectivity index (χ2v) is 9.29. The third-order valence-corrected chi connectivity index (χ3v) is 6.84. The molecule has 1 N–H and O–H groups in total. The van der Waals surface area contributed by atoms with E-state index in [1.54, 1.807) is 0 Å². The molecule has 3 amide bonds. The monoisotopic (exact) mass is 318 g/mol. The van der Waals surface area contributed by atoms with Crippen LogP contribution in [0.3, 0.4) is 0 Å². The van der Waals surface area contributed by atoms with Gasteiger partial charge in [0, 0.05) is 6.54 Å². The third-order valence-electron chi connectivity index (χ3n) is 6.84. The van der Waals surface area contributed by atoms with Crippen molar-refractivity contribution >= 4 is 11.9 Å². The zero-order chi connectivity index (χ0) is 16.2. The number of hydrogen-bond acceptors (Lipinski definition) is 2. The van der Waals surface area contributed by atoms with Crippen molar-refractivity contribution in [3.05, 3.63) is 0 Å². The molecule has 0 aromatic heterocycles. The standard InChI is InChI=1S/C19H30N2O2/c1-12(2)5-16-17(22)21(18(23)20-16)4-3-19-9-13-6-14(10-19)8-15(7-13)11-19/h12-16H,3-11H2,1-2H3,(H,20,23). The molecule has 0 radical (unpaired) electrons. The van der Waals surface area contributed by atoms with E-state index in [9.17, 15) is 9.59 Å². The van der Waals surface area contributed by atoms with Gasteiger partial charge in [0.2, 0.25) is 0 Å².